The lowest BCUT2D eigenvalue weighted by Crippen LogP contribution is -2.20. The number of sulfone groups is 1. The average Bonchev–Trinajstić information content (AvgIpc) is 3.27. The molecule has 1 aliphatic heterocycles. The van der Waals surface area contributed by atoms with Crippen molar-refractivity contribution in [3.05, 3.63) is 35.0 Å². The Morgan fingerprint density at radius 1 is 1.23 bits per heavy atom. The van der Waals surface area contributed by atoms with Gasteiger partial charge >= 0.3 is 0 Å². The second-order valence-corrected chi connectivity index (χ2v) is 9.01. The first kappa shape index (κ1) is 18.4. The number of hydrogen-bond donors (Lipinski definition) is 0. The van der Waals surface area contributed by atoms with Crippen LogP contribution in [0.1, 0.15) is 28.8 Å². The third-order valence-electron chi connectivity index (χ3n) is 4.14. The average molecular weight is 379 g/mol. The van der Waals surface area contributed by atoms with Crippen molar-refractivity contribution in [1.82, 2.24) is 4.90 Å². The SMILES string of the molecule is CN(C)C=C(C(=O)c1ccc2c(c1CS(C)(=O)=O)OCO2)C(=O)C1CC1. The third kappa shape index (κ3) is 3.90. The van der Waals surface area contributed by atoms with Gasteiger partial charge in [0.2, 0.25) is 6.79 Å². The Balaban J connectivity index is 2.09. The molecule has 0 bridgehead atoms. The van der Waals surface area contributed by atoms with Gasteiger partial charge in [0, 0.05) is 43.6 Å². The molecule has 1 aromatic carbocycles. The highest BCUT2D eigenvalue weighted by molar-refractivity contribution is 7.89. The third-order valence-corrected chi connectivity index (χ3v) is 4.95. The van der Waals surface area contributed by atoms with Crippen LogP contribution in [0.15, 0.2) is 23.9 Å². The second kappa shape index (κ2) is 6.75. The summed E-state index contributed by atoms with van der Waals surface area (Å²) in [5, 5.41) is 0. The molecule has 1 saturated carbocycles. The number of ether oxygens (including phenoxy) is 2. The summed E-state index contributed by atoms with van der Waals surface area (Å²) in [7, 11) is 0.0231. The summed E-state index contributed by atoms with van der Waals surface area (Å²) >= 11 is 0. The molecule has 8 heteroatoms. The molecule has 7 nitrogen and oxygen atoms in total. The number of carbonyl (C=O) groups excluding carboxylic acids is 2. The van der Waals surface area contributed by atoms with E-state index in [2.05, 4.69) is 0 Å². The van der Waals surface area contributed by atoms with Crippen LogP contribution in [0.3, 0.4) is 0 Å². The van der Waals surface area contributed by atoms with E-state index in [1.165, 1.54) is 12.3 Å². The highest BCUT2D eigenvalue weighted by atomic mass is 32.2. The number of carbonyl (C=O) groups is 2. The van der Waals surface area contributed by atoms with E-state index in [4.69, 9.17) is 9.47 Å². The fourth-order valence-electron chi connectivity index (χ4n) is 2.85. The van der Waals surface area contributed by atoms with Crippen molar-refractivity contribution >= 4 is 21.4 Å². The molecule has 1 aromatic rings. The fraction of sp³-hybridized carbons (Fsp3) is 0.444. The van der Waals surface area contributed by atoms with E-state index in [0.717, 1.165) is 19.1 Å². The highest BCUT2D eigenvalue weighted by Crippen LogP contribution is 2.40. The summed E-state index contributed by atoms with van der Waals surface area (Å²) in [6.45, 7) is -0.0366. The van der Waals surface area contributed by atoms with Crippen molar-refractivity contribution in [3.8, 4) is 11.5 Å². The summed E-state index contributed by atoms with van der Waals surface area (Å²) in [5.41, 5.74) is 0.452. The molecule has 0 amide bonds. The lowest BCUT2D eigenvalue weighted by molar-refractivity contribution is -0.116. The Kier molecular flexibility index (Phi) is 4.79. The molecule has 26 heavy (non-hydrogen) atoms. The van der Waals surface area contributed by atoms with Gasteiger partial charge in [-0.05, 0) is 25.0 Å². The zero-order valence-electron chi connectivity index (χ0n) is 14.9. The molecule has 0 atom stereocenters. The van der Waals surface area contributed by atoms with Gasteiger partial charge in [-0.25, -0.2) is 8.42 Å². The summed E-state index contributed by atoms with van der Waals surface area (Å²) in [5.74, 6) is -0.541. The van der Waals surface area contributed by atoms with Crippen molar-refractivity contribution in [2.24, 2.45) is 5.92 Å². The Hall–Kier alpha value is -2.35. The quantitative estimate of drug-likeness (QED) is 0.307. The molecule has 0 aromatic heterocycles. The Morgan fingerprint density at radius 3 is 2.50 bits per heavy atom. The van der Waals surface area contributed by atoms with Crippen LogP contribution in [0.5, 0.6) is 11.5 Å². The number of ketones is 2. The zero-order valence-corrected chi connectivity index (χ0v) is 15.8. The molecule has 0 saturated heterocycles. The van der Waals surface area contributed by atoms with Gasteiger partial charge in [0.1, 0.15) is 0 Å². The first-order chi connectivity index (χ1) is 12.2. The largest absolute Gasteiger partial charge is 0.454 e. The monoisotopic (exact) mass is 379 g/mol. The van der Waals surface area contributed by atoms with Crippen molar-refractivity contribution in [2.45, 2.75) is 18.6 Å². The molecular formula is C18H21NO6S. The highest BCUT2D eigenvalue weighted by Gasteiger charge is 2.36. The summed E-state index contributed by atoms with van der Waals surface area (Å²) < 4.78 is 34.4. The summed E-state index contributed by atoms with van der Waals surface area (Å²) in [6, 6.07) is 3.07. The van der Waals surface area contributed by atoms with Crippen LogP contribution in [0.25, 0.3) is 0 Å². The molecule has 0 N–H and O–H groups in total. The lowest BCUT2D eigenvalue weighted by atomic mass is 9.94. The van der Waals surface area contributed by atoms with Crippen molar-refractivity contribution < 1.29 is 27.5 Å². The smallest absolute Gasteiger partial charge is 0.231 e. The predicted molar refractivity (Wildman–Crippen MR) is 94.9 cm³/mol. The first-order valence-corrected chi connectivity index (χ1v) is 10.3. The van der Waals surface area contributed by atoms with Crippen LogP contribution in [-0.2, 0) is 20.4 Å². The molecule has 2 aliphatic rings. The van der Waals surface area contributed by atoms with Gasteiger partial charge in [-0.1, -0.05) is 0 Å². The minimum Gasteiger partial charge on any atom is -0.454 e. The van der Waals surface area contributed by atoms with E-state index in [9.17, 15) is 18.0 Å². The van der Waals surface area contributed by atoms with Gasteiger partial charge in [0.05, 0.1) is 11.3 Å². The van der Waals surface area contributed by atoms with Crippen LogP contribution in [0.4, 0.5) is 0 Å². The van der Waals surface area contributed by atoms with Crippen LogP contribution < -0.4 is 9.47 Å². The molecule has 3 rings (SSSR count). The molecule has 1 heterocycles. The van der Waals surface area contributed by atoms with E-state index in [0.29, 0.717) is 5.75 Å². The number of benzene rings is 1. The maximum absolute atomic E-state index is 13.2. The summed E-state index contributed by atoms with van der Waals surface area (Å²) in [4.78, 5) is 27.4. The van der Waals surface area contributed by atoms with Gasteiger partial charge in [-0.3, -0.25) is 9.59 Å². The number of rotatable bonds is 7. The lowest BCUT2D eigenvalue weighted by Gasteiger charge is -2.14. The molecule has 0 unspecified atom stereocenters. The molecular weight excluding hydrogens is 358 g/mol. The van der Waals surface area contributed by atoms with Gasteiger partial charge in [-0.15, -0.1) is 0 Å². The van der Waals surface area contributed by atoms with Gasteiger partial charge < -0.3 is 14.4 Å². The molecule has 0 radical (unpaired) electrons. The van der Waals surface area contributed by atoms with Crippen LogP contribution in [0.2, 0.25) is 0 Å². The van der Waals surface area contributed by atoms with Crippen LogP contribution in [0, 0.1) is 5.92 Å². The molecule has 1 fully saturated rings. The Labute approximate surface area is 152 Å². The molecule has 1 aliphatic carbocycles. The minimum absolute atomic E-state index is 0.0366. The van der Waals surface area contributed by atoms with Crippen LogP contribution >= 0.6 is 0 Å². The Morgan fingerprint density at radius 2 is 1.92 bits per heavy atom. The van der Waals surface area contributed by atoms with Gasteiger partial charge in [0.25, 0.3) is 0 Å². The molecule has 0 spiro atoms. The Bertz CT molecular complexity index is 897. The van der Waals surface area contributed by atoms with Crippen LogP contribution in [-0.4, -0.2) is 52.0 Å². The number of fused-ring (bicyclic) bond motifs is 1. The van der Waals surface area contributed by atoms with E-state index < -0.39 is 15.6 Å². The fourth-order valence-corrected chi connectivity index (χ4v) is 3.66. The van der Waals surface area contributed by atoms with E-state index in [1.807, 2.05) is 0 Å². The summed E-state index contributed by atoms with van der Waals surface area (Å²) in [6.07, 6.45) is 4.13. The van der Waals surface area contributed by atoms with Gasteiger partial charge in [-0.2, -0.15) is 0 Å². The second-order valence-electron chi connectivity index (χ2n) is 6.87. The number of allylic oxidation sites excluding steroid dienone is 1. The van der Waals surface area contributed by atoms with E-state index in [-0.39, 0.29) is 46.7 Å². The molecule has 140 valence electrons. The number of Topliss-reactive ketones (excluding diaryl/α,β-unsaturated/α-hetero) is 2. The number of nitrogens with zero attached hydrogens (tertiary/aromatic N) is 1. The van der Waals surface area contributed by atoms with Crippen molar-refractivity contribution in [1.29, 1.82) is 0 Å². The van der Waals surface area contributed by atoms with E-state index in [1.54, 1.807) is 25.1 Å². The minimum atomic E-state index is -3.43. The maximum Gasteiger partial charge on any atom is 0.231 e. The predicted octanol–water partition coefficient (Wildman–Crippen LogP) is 1.57. The first-order valence-electron chi connectivity index (χ1n) is 8.23. The standard InChI is InChI=1S/C18H21NO6S/c1-19(2)8-13(16(20)11-4-5-11)17(21)12-6-7-15-18(25-10-24-15)14(12)9-26(3,22)23/h6-8,11H,4-5,9-10H2,1-3H3. The topological polar surface area (TPSA) is 90.0 Å². The maximum atomic E-state index is 13.2. The van der Waals surface area contributed by atoms with Crippen molar-refractivity contribution in [3.63, 3.8) is 0 Å². The van der Waals surface area contributed by atoms with E-state index >= 15 is 0 Å². The van der Waals surface area contributed by atoms with Gasteiger partial charge in [0.15, 0.2) is 32.9 Å². The normalized spacial score (nSPS) is 16.5. The zero-order chi connectivity index (χ0) is 19.1. The number of hydrogen-bond acceptors (Lipinski definition) is 7. The van der Waals surface area contributed by atoms with Crippen molar-refractivity contribution in [2.75, 3.05) is 27.1 Å².